The zero-order chi connectivity index (χ0) is 32.8. The van der Waals surface area contributed by atoms with Gasteiger partial charge in [-0.15, -0.1) is 0 Å². The maximum absolute atomic E-state index is 11.8. The van der Waals surface area contributed by atoms with Gasteiger partial charge in [0.25, 0.3) is 0 Å². The lowest BCUT2D eigenvalue weighted by Crippen LogP contribution is -2.59. The van der Waals surface area contributed by atoms with Crippen LogP contribution in [0, 0.1) is 52.3 Å². The van der Waals surface area contributed by atoms with Crippen molar-refractivity contribution in [1.29, 1.82) is 0 Å². The quantitative estimate of drug-likeness (QED) is 0.0875. The number of hydrogen-bond donors (Lipinski definition) is 5. The zero-order valence-corrected chi connectivity index (χ0v) is 30.3. The minimum absolute atomic E-state index is 0.0166. The molecule has 0 heterocycles. The van der Waals surface area contributed by atoms with Crippen molar-refractivity contribution < 1.29 is 22.3 Å². The van der Waals surface area contributed by atoms with E-state index in [1.54, 1.807) is 0 Å². The van der Waals surface area contributed by atoms with Gasteiger partial charge in [-0.25, -0.2) is 4.18 Å². The van der Waals surface area contributed by atoms with Gasteiger partial charge in [-0.1, -0.05) is 41.5 Å². The topological polar surface area (TPSA) is 120 Å². The van der Waals surface area contributed by atoms with Gasteiger partial charge in [0.1, 0.15) is 0 Å². The van der Waals surface area contributed by atoms with Crippen molar-refractivity contribution in [3.63, 3.8) is 0 Å². The van der Waals surface area contributed by atoms with Crippen LogP contribution in [0.15, 0.2) is 0 Å². The van der Waals surface area contributed by atoms with Crippen LogP contribution in [0.1, 0.15) is 125 Å². The smallest absolute Gasteiger partial charge is 0.393 e. The van der Waals surface area contributed by atoms with E-state index in [1.807, 2.05) is 13.8 Å². The molecule has 0 saturated heterocycles. The van der Waals surface area contributed by atoms with E-state index in [1.165, 1.54) is 64.2 Å². The summed E-state index contributed by atoms with van der Waals surface area (Å²) >= 11 is 0. The van der Waals surface area contributed by atoms with Crippen LogP contribution in [0.4, 0.5) is 0 Å². The third-order valence-electron chi connectivity index (χ3n) is 13.5. The molecular weight excluding hydrogens is 586 g/mol. The molecule has 5 N–H and O–H groups in total. The molecule has 4 aliphatic rings. The van der Waals surface area contributed by atoms with Gasteiger partial charge in [0.2, 0.25) is 0 Å². The summed E-state index contributed by atoms with van der Waals surface area (Å²) in [6, 6.07) is 0.581. The summed E-state index contributed by atoms with van der Waals surface area (Å²) in [6.45, 7) is 18.9. The molecule has 3 unspecified atom stereocenters. The number of aliphatic hydroxyl groups is 1. The van der Waals surface area contributed by atoms with Gasteiger partial charge in [0.05, 0.1) is 12.2 Å². The van der Waals surface area contributed by atoms with Crippen LogP contribution < -0.4 is 16.0 Å². The van der Waals surface area contributed by atoms with Crippen LogP contribution in [-0.2, 0) is 14.6 Å². The maximum atomic E-state index is 11.8. The molecule has 0 aromatic rings. The highest BCUT2D eigenvalue weighted by Gasteiger charge is 2.62. The fourth-order valence-electron chi connectivity index (χ4n) is 11.0. The third-order valence-corrected chi connectivity index (χ3v) is 14.0. The first-order valence-corrected chi connectivity index (χ1v) is 20.1. The van der Waals surface area contributed by atoms with Crippen molar-refractivity contribution in [1.82, 2.24) is 16.0 Å². The summed E-state index contributed by atoms with van der Waals surface area (Å²) in [5.74, 6) is 3.23. The second-order valence-corrected chi connectivity index (χ2v) is 17.5. The maximum Gasteiger partial charge on any atom is 0.397 e. The SMILES string of the molecule is CCNCCCCNCCCN[C@H]1CC[C@]2(C)C3CC[C@@]4(C)C(CC[C@@H]4[C@H](C)CC[C@@H](OS(=O)(=O)O)C(C)C)C3[C@H](O)C[C@H]2C1. The van der Waals surface area contributed by atoms with Crippen molar-refractivity contribution in [2.45, 2.75) is 143 Å². The Balaban J connectivity index is 1.27. The Bertz CT molecular complexity index is 1010. The van der Waals surface area contributed by atoms with Gasteiger partial charge in [0, 0.05) is 6.04 Å². The number of hydrogen-bond acceptors (Lipinski definition) is 7. The van der Waals surface area contributed by atoms with E-state index in [0.29, 0.717) is 53.4 Å². The van der Waals surface area contributed by atoms with Crippen molar-refractivity contribution >= 4 is 10.4 Å². The molecule has 0 bridgehead atoms. The zero-order valence-electron chi connectivity index (χ0n) is 29.5. The van der Waals surface area contributed by atoms with Crippen LogP contribution in [0.25, 0.3) is 0 Å². The molecule has 0 amide bonds. The summed E-state index contributed by atoms with van der Waals surface area (Å²) in [6.07, 6.45) is 14.0. The van der Waals surface area contributed by atoms with E-state index in [-0.39, 0.29) is 17.4 Å². The number of aliphatic hydroxyl groups excluding tert-OH is 1. The lowest BCUT2D eigenvalue weighted by molar-refractivity contribution is -0.167. The van der Waals surface area contributed by atoms with Crippen LogP contribution in [0.2, 0.25) is 0 Å². The molecule has 0 spiro atoms. The Labute approximate surface area is 276 Å². The Kier molecular flexibility index (Phi) is 13.7. The molecule has 8 nitrogen and oxygen atoms in total. The summed E-state index contributed by atoms with van der Waals surface area (Å²) in [4.78, 5) is 0. The second kappa shape index (κ2) is 16.4. The molecular formula is C36H69N3O5S. The molecule has 0 aromatic carbocycles. The normalized spacial score (nSPS) is 38.0. The molecule has 0 aromatic heterocycles. The Hall–Kier alpha value is -0.290. The number of rotatable bonds is 18. The minimum Gasteiger partial charge on any atom is -0.393 e. The fourth-order valence-corrected chi connectivity index (χ4v) is 11.6. The van der Waals surface area contributed by atoms with Gasteiger partial charge >= 0.3 is 10.4 Å². The van der Waals surface area contributed by atoms with Gasteiger partial charge < -0.3 is 21.1 Å². The minimum atomic E-state index is -4.45. The van der Waals surface area contributed by atoms with Crippen molar-refractivity contribution in [3.8, 4) is 0 Å². The van der Waals surface area contributed by atoms with E-state index in [9.17, 15) is 18.1 Å². The lowest BCUT2D eigenvalue weighted by Gasteiger charge is -2.62. The molecule has 11 atom stereocenters. The van der Waals surface area contributed by atoms with Gasteiger partial charge in [-0.05, 0) is 168 Å². The number of fused-ring (bicyclic) bond motifs is 5. The highest BCUT2D eigenvalue weighted by molar-refractivity contribution is 7.80. The average Bonchev–Trinajstić information content (AvgIpc) is 3.33. The first-order chi connectivity index (χ1) is 21.3. The Morgan fingerprint density at radius 1 is 0.844 bits per heavy atom. The van der Waals surface area contributed by atoms with Gasteiger partial charge in [-0.3, -0.25) is 4.55 Å². The van der Waals surface area contributed by atoms with E-state index in [0.717, 1.165) is 45.6 Å². The first kappa shape index (κ1) is 37.5. The molecule has 264 valence electrons. The molecule has 45 heavy (non-hydrogen) atoms. The highest BCUT2D eigenvalue weighted by Crippen LogP contribution is 2.68. The molecule has 4 aliphatic carbocycles. The van der Waals surface area contributed by atoms with Crippen LogP contribution in [0.5, 0.6) is 0 Å². The third kappa shape index (κ3) is 9.24. The largest absolute Gasteiger partial charge is 0.397 e. The lowest BCUT2D eigenvalue weighted by atomic mass is 9.43. The molecule has 9 heteroatoms. The Morgan fingerprint density at radius 3 is 2.20 bits per heavy atom. The fraction of sp³-hybridized carbons (Fsp3) is 1.00. The van der Waals surface area contributed by atoms with Crippen molar-refractivity contribution in [2.24, 2.45) is 52.3 Å². The summed E-state index contributed by atoms with van der Waals surface area (Å²) in [7, 11) is -4.45. The second-order valence-electron chi connectivity index (χ2n) is 16.5. The predicted octanol–water partition coefficient (Wildman–Crippen LogP) is 6.20. The molecule has 4 fully saturated rings. The monoisotopic (exact) mass is 655 g/mol. The first-order valence-electron chi connectivity index (χ1n) is 18.8. The van der Waals surface area contributed by atoms with Crippen molar-refractivity contribution in [3.05, 3.63) is 0 Å². The highest BCUT2D eigenvalue weighted by atomic mass is 32.3. The summed E-state index contributed by atoms with van der Waals surface area (Å²) in [5, 5.41) is 22.7. The van der Waals surface area contributed by atoms with Crippen LogP contribution in [-0.4, -0.2) is 69.1 Å². The van der Waals surface area contributed by atoms with Gasteiger partial charge in [-0.2, -0.15) is 8.42 Å². The van der Waals surface area contributed by atoms with E-state index in [4.69, 9.17) is 4.18 Å². The summed E-state index contributed by atoms with van der Waals surface area (Å²) < 4.78 is 37.2. The van der Waals surface area contributed by atoms with E-state index >= 15 is 0 Å². The molecule has 0 aliphatic heterocycles. The van der Waals surface area contributed by atoms with Gasteiger partial charge in [0.15, 0.2) is 0 Å². The van der Waals surface area contributed by atoms with E-state index < -0.39 is 16.5 Å². The number of unbranched alkanes of at least 4 members (excludes halogenated alkanes) is 1. The standard InChI is InChI=1S/C36H69N3O5S/c1-7-37-19-8-9-20-38-21-10-22-39-28-15-17-35(5)27(23-28)24-32(40)34-30-13-12-29(36(30,6)18-16-31(34)35)26(4)11-14-33(25(2)3)44-45(41,42)43/h25-34,37-40H,7-24H2,1-6H3,(H,41,42,43)/t26-,27-,28+,29-,30?,31?,32-,33-,34?,35+,36-/m1/s1. The molecule has 4 saturated carbocycles. The predicted molar refractivity (Wildman–Crippen MR) is 183 cm³/mol. The molecule has 0 radical (unpaired) electrons. The molecule has 4 rings (SSSR count). The average molecular weight is 656 g/mol. The Morgan fingerprint density at radius 2 is 1.51 bits per heavy atom. The number of nitrogens with one attached hydrogen (secondary N) is 3. The summed E-state index contributed by atoms with van der Waals surface area (Å²) in [5.41, 5.74) is 0.556. The van der Waals surface area contributed by atoms with E-state index in [2.05, 4.69) is 43.6 Å². The van der Waals surface area contributed by atoms with Crippen molar-refractivity contribution in [2.75, 3.05) is 32.7 Å². The van der Waals surface area contributed by atoms with Crippen LogP contribution in [0.3, 0.4) is 0 Å². The van der Waals surface area contributed by atoms with Crippen LogP contribution >= 0.6 is 0 Å².